The minimum absolute atomic E-state index is 0.177. The number of nitrogens with one attached hydrogen (secondary N) is 1. The second kappa shape index (κ2) is 8.39. The SMILES string of the molecule is CCCn1c(C(=O)NCc2ccnc(-c3cccs3)c2)cc2c(=O)n3ccccc3nc21. The van der Waals surface area contributed by atoms with Gasteiger partial charge in [0.1, 0.15) is 17.0 Å². The number of amides is 1. The number of carbonyl (C=O) groups is 1. The molecule has 0 saturated carbocycles. The van der Waals surface area contributed by atoms with Gasteiger partial charge >= 0.3 is 0 Å². The third-order valence-corrected chi connectivity index (χ3v) is 6.20. The van der Waals surface area contributed by atoms with Gasteiger partial charge in [-0.3, -0.25) is 19.0 Å². The van der Waals surface area contributed by atoms with Crippen molar-refractivity contribution < 1.29 is 4.79 Å². The standard InChI is InChI=1S/C24H21N5O2S/c1-2-10-28-19(14-17-22(28)27-21-7-3-4-11-29(21)24(17)31)23(30)26-15-16-8-9-25-18(13-16)20-6-5-12-32-20/h3-9,11-14H,2,10,15H2,1H3,(H,26,30). The van der Waals surface area contributed by atoms with Gasteiger partial charge in [-0.05, 0) is 53.8 Å². The highest BCUT2D eigenvalue weighted by Crippen LogP contribution is 2.23. The van der Waals surface area contributed by atoms with E-state index in [4.69, 9.17) is 0 Å². The predicted octanol–water partition coefficient (Wildman–Crippen LogP) is 4.11. The van der Waals surface area contributed by atoms with E-state index in [2.05, 4.69) is 15.3 Å². The molecule has 160 valence electrons. The number of pyridine rings is 2. The molecule has 5 heterocycles. The first kappa shape index (κ1) is 20.1. The Balaban J connectivity index is 1.47. The molecular formula is C24H21N5O2S. The van der Waals surface area contributed by atoms with Gasteiger partial charge in [0, 0.05) is 25.5 Å². The fourth-order valence-corrected chi connectivity index (χ4v) is 4.50. The molecule has 5 rings (SSSR count). The van der Waals surface area contributed by atoms with Gasteiger partial charge in [0.25, 0.3) is 11.5 Å². The molecule has 0 aliphatic rings. The van der Waals surface area contributed by atoms with Crippen LogP contribution in [0.4, 0.5) is 0 Å². The van der Waals surface area contributed by atoms with Crippen LogP contribution in [0.5, 0.6) is 0 Å². The van der Waals surface area contributed by atoms with E-state index >= 15 is 0 Å². The monoisotopic (exact) mass is 443 g/mol. The molecule has 5 aromatic heterocycles. The van der Waals surface area contributed by atoms with E-state index in [0.29, 0.717) is 35.5 Å². The summed E-state index contributed by atoms with van der Waals surface area (Å²) in [6.45, 7) is 2.99. The molecule has 0 fully saturated rings. The molecule has 1 N–H and O–H groups in total. The lowest BCUT2D eigenvalue weighted by Gasteiger charge is -2.10. The van der Waals surface area contributed by atoms with Crippen LogP contribution in [0.15, 0.2) is 71.1 Å². The molecule has 5 aromatic rings. The van der Waals surface area contributed by atoms with E-state index in [-0.39, 0.29) is 11.5 Å². The Labute approximate surface area is 188 Å². The smallest absolute Gasteiger partial charge is 0.268 e. The number of aryl methyl sites for hydroxylation is 1. The summed E-state index contributed by atoms with van der Waals surface area (Å²) in [5.74, 6) is -0.237. The summed E-state index contributed by atoms with van der Waals surface area (Å²) in [6, 6.07) is 15.0. The summed E-state index contributed by atoms with van der Waals surface area (Å²) in [5, 5.41) is 5.44. The van der Waals surface area contributed by atoms with Crippen molar-refractivity contribution >= 4 is 33.9 Å². The molecular weight excluding hydrogens is 422 g/mol. The van der Waals surface area contributed by atoms with Gasteiger partial charge in [0.05, 0.1) is 16.0 Å². The normalized spacial score (nSPS) is 11.3. The van der Waals surface area contributed by atoms with Gasteiger partial charge in [-0.1, -0.05) is 19.1 Å². The van der Waals surface area contributed by atoms with Crippen LogP contribution in [0.3, 0.4) is 0 Å². The Hall–Kier alpha value is -3.78. The third kappa shape index (κ3) is 3.58. The topological polar surface area (TPSA) is 81.3 Å². The number of thiophene rings is 1. The van der Waals surface area contributed by atoms with E-state index in [1.165, 1.54) is 4.40 Å². The Morgan fingerprint density at radius 3 is 2.88 bits per heavy atom. The van der Waals surface area contributed by atoms with Crippen LogP contribution in [0.25, 0.3) is 27.3 Å². The van der Waals surface area contributed by atoms with Gasteiger partial charge in [-0.2, -0.15) is 0 Å². The fourth-order valence-electron chi connectivity index (χ4n) is 3.81. The molecule has 0 radical (unpaired) electrons. The lowest BCUT2D eigenvalue weighted by molar-refractivity contribution is 0.0942. The first-order valence-corrected chi connectivity index (χ1v) is 11.3. The fraction of sp³-hybridized carbons (Fsp3) is 0.167. The molecule has 0 saturated heterocycles. The second-order valence-electron chi connectivity index (χ2n) is 7.47. The Morgan fingerprint density at radius 2 is 2.06 bits per heavy atom. The third-order valence-electron chi connectivity index (χ3n) is 5.31. The lowest BCUT2D eigenvalue weighted by Crippen LogP contribution is -2.25. The molecule has 0 atom stereocenters. The van der Waals surface area contributed by atoms with Gasteiger partial charge < -0.3 is 9.88 Å². The van der Waals surface area contributed by atoms with Crippen LogP contribution >= 0.6 is 11.3 Å². The maximum atomic E-state index is 13.1. The van der Waals surface area contributed by atoms with Crippen molar-refractivity contribution in [2.24, 2.45) is 0 Å². The number of hydrogen-bond donors (Lipinski definition) is 1. The molecule has 8 heteroatoms. The number of hydrogen-bond acceptors (Lipinski definition) is 5. The highest BCUT2D eigenvalue weighted by atomic mass is 32.1. The van der Waals surface area contributed by atoms with Gasteiger partial charge in [0.2, 0.25) is 0 Å². The van der Waals surface area contributed by atoms with Crippen molar-refractivity contribution in [1.29, 1.82) is 0 Å². The summed E-state index contributed by atoms with van der Waals surface area (Å²) >= 11 is 1.63. The van der Waals surface area contributed by atoms with Crippen molar-refractivity contribution in [2.75, 3.05) is 0 Å². The van der Waals surface area contributed by atoms with E-state index < -0.39 is 0 Å². The van der Waals surface area contributed by atoms with Crippen LogP contribution < -0.4 is 10.9 Å². The highest BCUT2D eigenvalue weighted by Gasteiger charge is 2.19. The van der Waals surface area contributed by atoms with Crippen molar-refractivity contribution in [3.63, 3.8) is 0 Å². The maximum absolute atomic E-state index is 13.1. The van der Waals surface area contributed by atoms with E-state index in [1.807, 2.05) is 47.2 Å². The van der Waals surface area contributed by atoms with Crippen LogP contribution in [-0.4, -0.2) is 24.8 Å². The Morgan fingerprint density at radius 1 is 1.16 bits per heavy atom. The minimum Gasteiger partial charge on any atom is -0.347 e. The zero-order chi connectivity index (χ0) is 22.1. The average molecular weight is 444 g/mol. The Bertz CT molecular complexity index is 1480. The van der Waals surface area contributed by atoms with Gasteiger partial charge in [-0.25, -0.2) is 4.98 Å². The first-order valence-electron chi connectivity index (χ1n) is 10.4. The zero-order valence-corrected chi connectivity index (χ0v) is 18.3. The number of rotatable bonds is 6. The molecule has 0 bridgehead atoms. The van der Waals surface area contributed by atoms with E-state index in [9.17, 15) is 9.59 Å². The second-order valence-corrected chi connectivity index (χ2v) is 8.42. The predicted molar refractivity (Wildman–Crippen MR) is 126 cm³/mol. The Kier molecular flexibility index (Phi) is 5.28. The maximum Gasteiger partial charge on any atom is 0.268 e. The molecule has 1 amide bonds. The highest BCUT2D eigenvalue weighted by molar-refractivity contribution is 7.13. The molecule has 0 aliphatic carbocycles. The molecule has 7 nitrogen and oxygen atoms in total. The summed E-state index contributed by atoms with van der Waals surface area (Å²) in [4.78, 5) is 36.3. The van der Waals surface area contributed by atoms with Gasteiger partial charge in [-0.15, -0.1) is 11.3 Å². The first-order chi connectivity index (χ1) is 15.7. The lowest BCUT2D eigenvalue weighted by atomic mass is 10.2. The van der Waals surface area contributed by atoms with Crippen molar-refractivity contribution in [2.45, 2.75) is 26.4 Å². The quantitative estimate of drug-likeness (QED) is 0.428. The summed E-state index contributed by atoms with van der Waals surface area (Å²) in [6.07, 6.45) is 4.26. The molecule has 0 aromatic carbocycles. The molecule has 32 heavy (non-hydrogen) atoms. The molecule has 0 spiro atoms. The van der Waals surface area contributed by atoms with E-state index in [0.717, 1.165) is 22.6 Å². The largest absolute Gasteiger partial charge is 0.347 e. The number of aromatic nitrogens is 4. The van der Waals surface area contributed by atoms with E-state index in [1.54, 1.807) is 41.9 Å². The summed E-state index contributed by atoms with van der Waals surface area (Å²) < 4.78 is 3.34. The van der Waals surface area contributed by atoms with Crippen molar-refractivity contribution in [3.8, 4) is 10.6 Å². The zero-order valence-electron chi connectivity index (χ0n) is 17.5. The summed E-state index contributed by atoms with van der Waals surface area (Å²) in [7, 11) is 0. The van der Waals surface area contributed by atoms with Gasteiger partial charge in [0.15, 0.2) is 0 Å². The average Bonchev–Trinajstić information content (AvgIpc) is 3.48. The molecule has 0 unspecified atom stereocenters. The number of carbonyl (C=O) groups excluding carboxylic acids is 1. The van der Waals surface area contributed by atoms with Crippen LogP contribution in [0.2, 0.25) is 0 Å². The molecule has 0 aliphatic heterocycles. The number of fused-ring (bicyclic) bond motifs is 2. The van der Waals surface area contributed by atoms with Crippen LogP contribution in [0.1, 0.15) is 29.4 Å². The number of nitrogens with zero attached hydrogens (tertiary/aromatic N) is 4. The summed E-state index contributed by atoms with van der Waals surface area (Å²) in [5.41, 5.74) is 3.20. The van der Waals surface area contributed by atoms with Crippen molar-refractivity contribution in [3.05, 3.63) is 87.9 Å². The van der Waals surface area contributed by atoms with Crippen LogP contribution in [0, 0.1) is 0 Å². The van der Waals surface area contributed by atoms with Crippen molar-refractivity contribution in [1.82, 2.24) is 24.3 Å². The van der Waals surface area contributed by atoms with Crippen LogP contribution in [-0.2, 0) is 13.1 Å². The minimum atomic E-state index is -0.237.